The van der Waals surface area contributed by atoms with Crippen LogP contribution in [0.4, 0.5) is 0 Å². The Morgan fingerprint density at radius 2 is 1.94 bits per heavy atom. The minimum absolute atomic E-state index is 0.338. The molecule has 16 heavy (non-hydrogen) atoms. The van der Waals surface area contributed by atoms with Gasteiger partial charge in [-0.15, -0.1) is 0 Å². The van der Waals surface area contributed by atoms with Crippen molar-refractivity contribution in [3.8, 4) is 0 Å². The molecular weight excluding hydrogens is 206 g/mol. The number of hydrogen-bond acceptors (Lipinski definition) is 3. The Balaban J connectivity index is 3.57. The number of amides is 1. The largest absolute Gasteiger partial charge is 0.411 e. The lowest BCUT2D eigenvalue weighted by Crippen LogP contribution is -3.12. The van der Waals surface area contributed by atoms with Crippen LogP contribution in [-0.2, 0) is 4.79 Å². The monoisotopic (exact) mass is 230 g/mol. The number of carbonyl (C=O) groups excluding carboxylic acids is 1. The van der Waals surface area contributed by atoms with Crippen LogP contribution in [0, 0.1) is 0 Å². The third kappa shape index (κ3) is 8.23. The molecule has 0 aliphatic heterocycles. The van der Waals surface area contributed by atoms with Crippen LogP contribution >= 0.6 is 0 Å². The van der Waals surface area contributed by atoms with Crippen LogP contribution in [0.2, 0.25) is 0 Å². The van der Waals surface area contributed by atoms with Crippen LogP contribution < -0.4 is 10.2 Å². The molecule has 0 aromatic carbocycles. The molecule has 0 aliphatic carbocycles. The molecule has 0 atom stereocenters. The van der Waals surface area contributed by atoms with Gasteiger partial charge in [0.2, 0.25) is 0 Å². The first-order valence-electron chi connectivity index (χ1n) is 6.03. The molecule has 0 radical (unpaired) electrons. The number of oxime groups is 1. The quantitative estimate of drug-likeness (QED) is 0.219. The molecule has 94 valence electrons. The van der Waals surface area contributed by atoms with Gasteiger partial charge in [0.25, 0.3) is 5.91 Å². The van der Waals surface area contributed by atoms with E-state index < -0.39 is 0 Å². The van der Waals surface area contributed by atoms with Crippen molar-refractivity contribution in [3.63, 3.8) is 0 Å². The maximum atomic E-state index is 10.9. The van der Waals surface area contributed by atoms with Crippen molar-refractivity contribution < 1.29 is 14.9 Å². The molecule has 0 rings (SSSR count). The third-order valence-corrected chi connectivity index (χ3v) is 2.39. The lowest BCUT2D eigenvalue weighted by molar-refractivity contribution is -0.900. The second-order valence-corrected chi connectivity index (χ2v) is 3.89. The van der Waals surface area contributed by atoms with Gasteiger partial charge in [-0.2, -0.15) is 0 Å². The van der Waals surface area contributed by atoms with Gasteiger partial charge in [-0.05, 0) is 12.8 Å². The molecule has 5 nitrogen and oxygen atoms in total. The Hall–Kier alpha value is -1.10. The van der Waals surface area contributed by atoms with Gasteiger partial charge in [0, 0.05) is 13.0 Å². The fourth-order valence-electron chi connectivity index (χ4n) is 1.73. The van der Waals surface area contributed by atoms with Crippen molar-refractivity contribution >= 4 is 12.1 Å². The van der Waals surface area contributed by atoms with Gasteiger partial charge in [0.1, 0.15) is 6.21 Å². The lowest BCUT2D eigenvalue weighted by Gasteiger charge is -2.17. The molecule has 1 amide bonds. The Labute approximate surface area is 97.5 Å². The van der Waals surface area contributed by atoms with E-state index in [1.807, 2.05) is 0 Å². The highest BCUT2D eigenvalue weighted by molar-refractivity contribution is 6.25. The number of nitrogens with zero attached hydrogens (tertiary/aromatic N) is 1. The zero-order chi connectivity index (χ0) is 12.2. The normalized spacial score (nSPS) is 11.2. The maximum Gasteiger partial charge on any atom is 0.265 e. The fourth-order valence-corrected chi connectivity index (χ4v) is 1.73. The molecule has 5 heteroatoms. The van der Waals surface area contributed by atoms with Crippen molar-refractivity contribution in [1.82, 2.24) is 5.32 Å². The van der Waals surface area contributed by atoms with Gasteiger partial charge in [0.15, 0.2) is 0 Å². The summed E-state index contributed by atoms with van der Waals surface area (Å²) in [6, 6.07) is 0. The molecule has 0 spiro atoms. The number of nitrogens with one attached hydrogen (secondary N) is 2. The molecule has 0 fully saturated rings. The average Bonchev–Trinajstić information content (AvgIpc) is 2.25. The molecular formula is C11H24N3O2+. The van der Waals surface area contributed by atoms with Crippen molar-refractivity contribution in [1.29, 1.82) is 0 Å². The second kappa shape index (κ2) is 10.4. The van der Waals surface area contributed by atoms with Crippen LogP contribution in [0.15, 0.2) is 5.16 Å². The zero-order valence-electron chi connectivity index (χ0n) is 10.3. The number of quaternary nitrogens is 1. The molecule has 0 unspecified atom stereocenters. The predicted molar refractivity (Wildman–Crippen MR) is 64.1 cm³/mol. The maximum absolute atomic E-state index is 10.9. The standard InChI is InChI=1S/C11H23N3O2/c1-3-7-14(8-4-2)9-5-6-12-11(15)10-13-16/h10,16H,3-9H2,1-2H3,(H,12,15)/p+1/b13-10+. The van der Waals surface area contributed by atoms with E-state index in [1.165, 1.54) is 25.9 Å². The molecule has 0 saturated carbocycles. The highest BCUT2D eigenvalue weighted by Crippen LogP contribution is 1.74. The summed E-state index contributed by atoms with van der Waals surface area (Å²) < 4.78 is 0. The van der Waals surface area contributed by atoms with Crippen molar-refractivity contribution in [3.05, 3.63) is 0 Å². The zero-order valence-corrected chi connectivity index (χ0v) is 10.3. The van der Waals surface area contributed by atoms with E-state index >= 15 is 0 Å². The van der Waals surface area contributed by atoms with E-state index in [4.69, 9.17) is 5.21 Å². The van der Waals surface area contributed by atoms with E-state index in [0.29, 0.717) is 6.54 Å². The highest BCUT2D eigenvalue weighted by atomic mass is 16.4. The smallest absolute Gasteiger partial charge is 0.265 e. The van der Waals surface area contributed by atoms with Gasteiger partial charge in [0.05, 0.1) is 19.6 Å². The topological polar surface area (TPSA) is 66.1 Å². The van der Waals surface area contributed by atoms with Crippen LogP contribution in [0.1, 0.15) is 33.1 Å². The summed E-state index contributed by atoms with van der Waals surface area (Å²) in [6.07, 6.45) is 4.22. The minimum Gasteiger partial charge on any atom is -0.411 e. The first-order chi connectivity index (χ1) is 7.74. The number of rotatable bonds is 9. The minimum atomic E-state index is -0.338. The van der Waals surface area contributed by atoms with E-state index in [-0.39, 0.29) is 5.91 Å². The van der Waals surface area contributed by atoms with Gasteiger partial charge >= 0.3 is 0 Å². The Kier molecular flexibility index (Phi) is 9.70. The average molecular weight is 230 g/mol. The fraction of sp³-hybridized carbons (Fsp3) is 0.818. The second-order valence-electron chi connectivity index (χ2n) is 3.89. The molecule has 3 N–H and O–H groups in total. The van der Waals surface area contributed by atoms with Crippen molar-refractivity contribution in [2.75, 3.05) is 26.2 Å². The Morgan fingerprint density at radius 1 is 1.31 bits per heavy atom. The molecule has 0 aromatic rings. The number of hydrogen-bond donors (Lipinski definition) is 3. The van der Waals surface area contributed by atoms with E-state index in [2.05, 4.69) is 24.3 Å². The first-order valence-corrected chi connectivity index (χ1v) is 6.03. The van der Waals surface area contributed by atoms with Gasteiger partial charge < -0.3 is 15.4 Å². The van der Waals surface area contributed by atoms with Crippen LogP contribution in [0.3, 0.4) is 0 Å². The third-order valence-electron chi connectivity index (χ3n) is 2.39. The van der Waals surface area contributed by atoms with Crippen LogP contribution in [0.25, 0.3) is 0 Å². The molecule has 0 heterocycles. The van der Waals surface area contributed by atoms with Gasteiger partial charge in [-0.1, -0.05) is 19.0 Å². The van der Waals surface area contributed by atoms with Gasteiger partial charge in [-0.25, -0.2) is 0 Å². The Bertz CT molecular complexity index is 201. The SMILES string of the molecule is CCC[NH+](CCC)CCCNC(=O)/C=N/O. The van der Waals surface area contributed by atoms with Crippen LogP contribution in [-0.4, -0.2) is 43.5 Å². The summed E-state index contributed by atoms with van der Waals surface area (Å²) in [7, 11) is 0. The van der Waals surface area contributed by atoms with E-state index in [1.54, 1.807) is 4.90 Å². The molecule has 0 bridgehead atoms. The lowest BCUT2D eigenvalue weighted by atomic mass is 10.3. The molecule has 0 aliphatic rings. The van der Waals surface area contributed by atoms with Crippen molar-refractivity contribution in [2.45, 2.75) is 33.1 Å². The predicted octanol–water partition coefficient (Wildman–Crippen LogP) is -0.342. The summed E-state index contributed by atoms with van der Waals surface area (Å²) in [4.78, 5) is 12.5. The summed E-state index contributed by atoms with van der Waals surface area (Å²) in [6.45, 7) is 8.49. The Morgan fingerprint density at radius 3 is 2.44 bits per heavy atom. The number of carbonyl (C=O) groups is 1. The summed E-state index contributed by atoms with van der Waals surface area (Å²) in [5.41, 5.74) is 0. The highest BCUT2D eigenvalue weighted by Gasteiger charge is 2.05. The first kappa shape index (κ1) is 14.9. The van der Waals surface area contributed by atoms with Gasteiger partial charge in [-0.3, -0.25) is 4.79 Å². The summed E-state index contributed by atoms with van der Waals surface area (Å²) >= 11 is 0. The molecule has 0 aromatic heterocycles. The summed E-state index contributed by atoms with van der Waals surface area (Å²) in [5, 5.41) is 13.5. The van der Waals surface area contributed by atoms with Crippen molar-refractivity contribution in [2.24, 2.45) is 5.16 Å². The van der Waals surface area contributed by atoms with Crippen LogP contribution in [0.5, 0.6) is 0 Å². The summed E-state index contributed by atoms with van der Waals surface area (Å²) in [5.74, 6) is -0.338. The van der Waals surface area contributed by atoms with E-state index in [0.717, 1.165) is 19.2 Å². The molecule has 0 saturated heterocycles. The van der Waals surface area contributed by atoms with E-state index in [9.17, 15) is 4.79 Å².